The summed E-state index contributed by atoms with van der Waals surface area (Å²) in [6.07, 6.45) is 0.0233. The monoisotopic (exact) mass is 496 g/mol. The molecule has 0 aliphatic heterocycles. The van der Waals surface area contributed by atoms with Crippen LogP contribution in [0.3, 0.4) is 0 Å². The van der Waals surface area contributed by atoms with Crippen molar-refractivity contribution >= 4 is 23.2 Å². The molecular formula is C31H32N2O4. The molecule has 0 saturated heterocycles. The largest absolute Gasteiger partial charge is 0.493 e. The lowest BCUT2D eigenvalue weighted by atomic mass is 9.86. The average Bonchev–Trinajstić information content (AvgIpc) is 2.89. The summed E-state index contributed by atoms with van der Waals surface area (Å²) in [6, 6.07) is 25.2. The van der Waals surface area contributed by atoms with E-state index in [0.29, 0.717) is 11.5 Å². The zero-order valence-corrected chi connectivity index (χ0v) is 21.8. The normalized spacial score (nSPS) is 11.6. The van der Waals surface area contributed by atoms with Gasteiger partial charge in [-0.15, -0.1) is 0 Å². The van der Waals surface area contributed by atoms with Crippen LogP contribution in [0.5, 0.6) is 11.5 Å². The maximum atomic E-state index is 10.8. The van der Waals surface area contributed by atoms with Gasteiger partial charge in [-0.1, -0.05) is 81.4 Å². The molecule has 0 unspecified atom stereocenters. The van der Waals surface area contributed by atoms with E-state index in [0.717, 1.165) is 27.5 Å². The molecule has 6 nitrogen and oxygen atoms in total. The molecule has 0 atom stereocenters. The zero-order valence-electron chi connectivity index (χ0n) is 21.8. The fourth-order valence-corrected chi connectivity index (χ4v) is 4.50. The third-order valence-electron chi connectivity index (χ3n) is 6.40. The van der Waals surface area contributed by atoms with Crippen molar-refractivity contribution in [1.29, 1.82) is 0 Å². The van der Waals surface area contributed by atoms with Crippen LogP contribution < -0.4 is 14.8 Å². The summed E-state index contributed by atoms with van der Waals surface area (Å²) >= 11 is 0. The number of hydrogen-bond donors (Lipinski definition) is 2. The molecule has 0 aromatic heterocycles. The van der Waals surface area contributed by atoms with E-state index in [9.17, 15) is 4.79 Å². The number of nitrogens with one attached hydrogen (secondary N) is 1. The van der Waals surface area contributed by atoms with Gasteiger partial charge in [-0.05, 0) is 56.1 Å². The zero-order chi connectivity index (χ0) is 26.6. The van der Waals surface area contributed by atoms with Crippen molar-refractivity contribution in [3.05, 3.63) is 83.9 Å². The van der Waals surface area contributed by atoms with Crippen LogP contribution in [0.15, 0.2) is 77.8 Å². The lowest BCUT2D eigenvalue weighted by Crippen LogP contribution is -2.18. The molecule has 4 rings (SSSR count). The molecule has 1 amide bonds. The second kappa shape index (κ2) is 10.7. The third kappa shape index (κ3) is 5.59. The van der Waals surface area contributed by atoms with Gasteiger partial charge in [0.2, 0.25) is 0 Å². The Bertz CT molecular complexity index is 1450. The van der Waals surface area contributed by atoms with Crippen molar-refractivity contribution in [2.75, 3.05) is 14.2 Å². The van der Waals surface area contributed by atoms with E-state index in [-0.39, 0.29) is 12.0 Å². The molecule has 0 bridgehead atoms. The van der Waals surface area contributed by atoms with E-state index >= 15 is 0 Å². The minimum Gasteiger partial charge on any atom is -0.493 e. The first kappa shape index (κ1) is 25.8. The summed E-state index contributed by atoms with van der Waals surface area (Å²) in [5.41, 5.74) is 6.45. The smallest absolute Gasteiger partial charge is 0.409 e. The Labute approximate surface area is 217 Å². The number of amides is 1. The van der Waals surface area contributed by atoms with Crippen LogP contribution >= 0.6 is 0 Å². The van der Waals surface area contributed by atoms with Gasteiger partial charge in [-0.25, -0.2) is 4.79 Å². The van der Waals surface area contributed by atoms with Gasteiger partial charge in [0.1, 0.15) is 0 Å². The van der Waals surface area contributed by atoms with Gasteiger partial charge in [0.25, 0.3) is 0 Å². The molecule has 190 valence electrons. The molecular weight excluding hydrogens is 464 g/mol. The first-order valence-electron chi connectivity index (χ1n) is 12.1. The number of fused-ring (bicyclic) bond motifs is 1. The second-order valence-electron chi connectivity index (χ2n) is 9.82. The van der Waals surface area contributed by atoms with Crippen LogP contribution in [-0.2, 0) is 12.0 Å². The van der Waals surface area contributed by atoms with Crippen LogP contribution in [0, 0.1) is 0 Å². The van der Waals surface area contributed by atoms with Gasteiger partial charge >= 0.3 is 6.09 Å². The Hall–Kier alpha value is -4.32. The van der Waals surface area contributed by atoms with Crippen LogP contribution in [0.4, 0.5) is 4.79 Å². The molecule has 0 radical (unpaired) electrons. The van der Waals surface area contributed by atoms with Gasteiger partial charge in [-0.2, -0.15) is 0 Å². The van der Waals surface area contributed by atoms with E-state index < -0.39 is 6.09 Å². The number of benzene rings is 4. The molecule has 0 saturated carbocycles. The summed E-state index contributed by atoms with van der Waals surface area (Å²) in [4.78, 5) is 15.0. The van der Waals surface area contributed by atoms with Crippen molar-refractivity contribution in [3.8, 4) is 33.8 Å². The number of carbonyl (C=O) groups is 1. The second-order valence-corrected chi connectivity index (χ2v) is 9.82. The lowest BCUT2D eigenvalue weighted by Gasteiger charge is -2.19. The molecule has 0 aliphatic rings. The summed E-state index contributed by atoms with van der Waals surface area (Å²) in [6.45, 7) is 6.93. The predicted octanol–water partition coefficient (Wildman–Crippen LogP) is 7.28. The molecule has 4 aromatic rings. The molecule has 0 aliphatic carbocycles. The van der Waals surface area contributed by atoms with Crippen molar-refractivity contribution in [2.24, 2.45) is 4.99 Å². The Morgan fingerprint density at radius 3 is 2.32 bits per heavy atom. The van der Waals surface area contributed by atoms with E-state index in [2.05, 4.69) is 91.7 Å². The highest BCUT2D eigenvalue weighted by atomic mass is 16.5. The Kier molecular flexibility index (Phi) is 7.48. The maximum Gasteiger partial charge on any atom is 0.409 e. The molecule has 2 N–H and O–H groups in total. The molecule has 0 heterocycles. The highest BCUT2D eigenvalue weighted by Gasteiger charge is 2.18. The topological polar surface area (TPSA) is 80.2 Å². The molecule has 0 fully saturated rings. The third-order valence-corrected chi connectivity index (χ3v) is 6.40. The molecule has 0 spiro atoms. The van der Waals surface area contributed by atoms with Crippen molar-refractivity contribution in [3.63, 3.8) is 0 Å². The maximum absolute atomic E-state index is 10.8. The number of hydrogen-bond acceptors (Lipinski definition) is 4. The van der Waals surface area contributed by atoms with Crippen LogP contribution in [0.2, 0.25) is 0 Å². The molecule has 6 heteroatoms. The first-order valence-corrected chi connectivity index (χ1v) is 12.1. The minimum absolute atomic E-state index is 0.105. The predicted molar refractivity (Wildman–Crippen MR) is 150 cm³/mol. The fourth-order valence-electron chi connectivity index (χ4n) is 4.50. The van der Waals surface area contributed by atoms with Gasteiger partial charge in [-0.3, -0.25) is 10.3 Å². The van der Waals surface area contributed by atoms with Gasteiger partial charge in [0.05, 0.1) is 27.1 Å². The summed E-state index contributed by atoms with van der Waals surface area (Å²) in [5, 5.41) is 13.2. The number of carboxylic acid groups (broad SMARTS) is 1. The van der Waals surface area contributed by atoms with E-state index in [1.807, 2.05) is 12.1 Å². The standard InChI is InChI=1S/C31H32N2O4/c1-31(2,3)24-13-9-20(10-14-24)25-8-6-7-21-17-22(11-15-26(21)25)28-23(18-32-19-33-30(34)35)12-16-27(36-4)29(28)37-5/h6-17,19H,18H2,1-5H3,(H,32,33)(H,34,35). The summed E-state index contributed by atoms with van der Waals surface area (Å²) in [5.74, 6) is 1.22. The highest BCUT2D eigenvalue weighted by molar-refractivity contribution is 5.99. The minimum atomic E-state index is -1.16. The number of methoxy groups -OCH3 is 2. The SMILES string of the molecule is COc1ccc(CN=CNC(=O)O)c(-c2ccc3c(-c4ccc(C(C)(C)C)cc4)cccc3c2)c1OC. The van der Waals surface area contributed by atoms with Crippen LogP contribution in [-0.4, -0.2) is 31.8 Å². The van der Waals surface area contributed by atoms with E-state index in [4.69, 9.17) is 14.6 Å². The quantitative estimate of drug-likeness (QED) is 0.208. The highest BCUT2D eigenvalue weighted by Crippen LogP contribution is 2.42. The van der Waals surface area contributed by atoms with Gasteiger partial charge in [0.15, 0.2) is 11.5 Å². The average molecular weight is 497 g/mol. The van der Waals surface area contributed by atoms with Gasteiger partial charge in [0, 0.05) is 5.56 Å². The van der Waals surface area contributed by atoms with Crippen LogP contribution in [0.25, 0.3) is 33.0 Å². The Morgan fingerprint density at radius 2 is 1.68 bits per heavy atom. The summed E-state index contributed by atoms with van der Waals surface area (Å²) in [7, 11) is 3.22. The fraction of sp³-hybridized carbons (Fsp3) is 0.226. The lowest BCUT2D eigenvalue weighted by molar-refractivity contribution is 0.200. The molecule has 37 heavy (non-hydrogen) atoms. The number of rotatable bonds is 7. The van der Waals surface area contributed by atoms with Gasteiger partial charge < -0.3 is 14.6 Å². The Balaban J connectivity index is 1.80. The van der Waals surface area contributed by atoms with Crippen molar-refractivity contribution in [2.45, 2.75) is 32.7 Å². The summed E-state index contributed by atoms with van der Waals surface area (Å²) < 4.78 is 11.3. The molecule has 4 aromatic carbocycles. The van der Waals surface area contributed by atoms with Crippen molar-refractivity contribution in [1.82, 2.24) is 5.32 Å². The van der Waals surface area contributed by atoms with Crippen LogP contribution in [0.1, 0.15) is 31.9 Å². The van der Waals surface area contributed by atoms with Crippen molar-refractivity contribution < 1.29 is 19.4 Å². The van der Waals surface area contributed by atoms with E-state index in [1.54, 1.807) is 14.2 Å². The number of ether oxygens (including phenoxy) is 2. The number of aliphatic imine (C=N–C) groups is 1. The number of nitrogens with zero attached hydrogens (tertiary/aromatic N) is 1. The Morgan fingerprint density at radius 1 is 0.946 bits per heavy atom. The van der Waals surface area contributed by atoms with E-state index in [1.165, 1.54) is 23.0 Å². The first-order chi connectivity index (χ1) is 17.7.